The van der Waals surface area contributed by atoms with Gasteiger partial charge in [0.2, 0.25) is 0 Å². The molecule has 158 valence electrons. The van der Waals surface area contributed by atoms with E-state index in [4.69, 9.17) is 4.98 Å². The summed E-state index contributed by atoms with van der Waals surface area (Å²) < 4.78 is 0. The first-order chi connectivity index (χ1) is 15.5. The first-order valence-corrected chi connectivity index (χ1v) is 11.0. The van der Waals surface area contributed by atoms with Gasteiger partial charge in [-0.3, -0.25) is 14.6 Å². The summed E-state index contributed by atoms with van der Waals surface area (Å²) in [5.41, 5.74) is 2.08. The Morgan fingerprint density at radius 1 is 1.16 bits per heavy atom. The van der Waals surface area contributed by atoms with Crippen molar-refractivity contribution in [2.45, 2.75) is 18.9 Å². The topological polar surface area (TPSA) is 87.5 Å². The fourth-order valence-corrected chi connectivity index (χ4v) is 4.52. The van der Waals surface area contributed by atoms with E-state index in [-0.39, 0.29) is 18.2 Å². The normalized spacial score (nSPS) is 19.5. The van der Waals surface area contributed by atoms with Gasteiger partial charge in [0.1, 0.15) is 16.4 Å². The van der Waals surface area contributed by atoms with E-state index in [0.29, 0.717) is 11.5 Å². The third kappa shape index (κ3) is 3.65. The molecule has 8 heteroatoms. The van der Waals surface area contributed by atoms with Crippen LogP contribution in [0.5, 0.6) is 0 Å². The maximum Gasteiger partial charge on any atom is 0.250 e. The van der Waals surface area contributed by atoms with Crippen molar-refractivity contribution >= 4 is 34.7 Å². The first kappa shape index (κ1) is 20.0. The van der Waals surface area contributed by atoms with Crippen LogP contribution in [0.3, 0.4) is 0 Å². The smallest absolute Gasteiger partial charge is 0.250 e. The van der Waals surface area contributed by atoms with Crippen molar-refractivity contribution in [1.29, 1.82) is 0 Å². The second-order valence-electron chi connectivity index (χ2n) is 7.67. The summed E-state index contributed by atoms with van der Waals surface area (Å²) >= 11 is 1.52. The molecule has 2 aromatic heterocycles. The molecule has 0 aliphatic carbocycles. The molecule has 0 fully saturated rings. The van der Waals surface area contributed by atoms with E-state index in [1.54, 1.807) is 36.4 Å². The number of hydrogen-bond acceptors (Lipinski definition) is 6. The average Bonchev–Trinajstić information content (AvgIpc) is 3.30. The third-order valence-electron chi connectivity index (χ3n) is 5.40. The fraction of sp³-hybridized carbons (Fsp3) is 0.125. The number of pyridine rings is 1. The standard InChI is InChI=1S/C24H19N5O2S/c1-24(14-21(30)28-20-10-3-5-12-29(20)24)23(31)26-17-8-6-7-16(13-17)19-15-32-22(27-19)18-9-2-4-11-25-18/h2-13,15H,14H2,1H3,(H,26,31). The first-order valence-electron chi connectivity index (χ1n) is 10.1. The molecule has 7 nitrogen and oxygen atoms in total. The molecule has 1 atom stereocenters. The van der Waals surface area contributed by atoms with Crippen molar-refractivity contribution in [3.63, 3.8) is 0 Å². The second kappa shape index (κ2) is 7.97. The summed E-state index contributed by atoms with van der Waals surface area (Å²) in [6.07, 6.45) is 8.86. The number of carbonyl (C=O) groups excluding carboxylic acids is 2. The Kier molecular flexibility index (Phi) is 4.99. The number of nitrogens with one attached hydrogen (secondary N) is 1. The highest BCUT2D eigenvalue weighted by Gasteiger charge is 2.45. The van der Waals surface area contributed by atoms with Crippen molar-refractivity contribution in [3.8, 4) is 22.0 Å². The largest absolute Gasteiger partial charge is 0.324 e. The molecule has 5 rings (SSSR count). The molecule has 1 N–H and O–H groups in total. The van der Waals surface area contributed by atoms with Gasteiger partial charge in [-0.25, -0.2) is 4.98 Å². The van der Waals surface area contributed by atoms with Gasteiger partial charge >= 0.3 is 0 Å². The van der Waals surface area contributed by atoms with Gasteiger partial charge in [0.05, 0.1) is 17.8 Å². The van der Waals surface area contributed by atoms with E-state index < -0.39 is 5.54 Å². The van der Waals surface area contributed by atoms with Gasteiger partial charge in [-0.2, -0.15) is 4.99 Å². The average molecular weight is 442 g/mol. The number of nitrogens with zero attached hydrogens (tertiary/aromatic N) is 4. The lowest BCUT2D eigenvalue weighted by molar-refractivity contribution is -0.130. The zero-order chi connectivity index (χ0) is 22.1. The minimum atomic E-state index is -1.07. The maximum atomic E-state index is 13.3. The number of hydrogen-bond donors (Lipinski definition) is 1. The summed E-state index contributed by atoms with van der Waals surface area (Å²) in [7, 11) is 0. The van der Waals surface area contributed by atoms with Crippen LogP contribution in [-0.2, 0) is 9.59 Å². The van der Waals surface area contributed by atoms with Crippen LogP contribution in [0, 0.1) is 0 Å². The number of rotatable bonds is 4. The Balaban J connectivity index is 1.39. The number of aromatic nitrogens is 2. The SMILES string of the molecule is CC1(C(=O)Nc2cccc(-c3csc(-c4ccccn4)n3)c2)CC(=O)N=C2C=CC=CN21. The molecule has 2 aliphatic rings. The molecule has 0 saturated heterocycles. The highest BCUT2D eigenvalue weighted by molar-refractivity contribution is 7.13. The molecule has 0 saturated carbocycles. The van der Waals surface area contributed by atoms with Crippen LogP contribution >= 0.6 is 11.3 Å². The molecule has 4 heterocycles. The predicted molar refractivity (Wildman–Crippen MR) is 125 cm³/mol. The molecule has 0 spiro atoms. The van der Waals surface area contributed by atoms with Gasteiger partial charge in [-0.05, 0) is 43.3 Å². The fourth-order valence-electron chi connectivity index (χ4n) is 3.71. The van der Waals surface area contributed by atoms with Crippen molar-refractivity contribution < 1.29 is 9.59 Å². The number of amides is 2. The van der Waals surface area contributed by atoms with Crippen LogP contribution in [0.2, 0.25) is 0 Å². The number of carbonyl (C=O) groups is 2. The van der Waals surface area contributed by atoms with Crippen LogP contribution in [0.15, 0.2) is 83.5 Å². The molecule has 2 aliphatic heterocycles. The van der Waals surface area contributed by atoms with Crippen molar-refractivity contribution in [1.82, 2.24) is 14.9 Å². The summed E-state index contributed by atoms with van der Waals surface area (Å²) in [6, 6.07) is 13.2. The predicted octanol–water partition coefficient (Wildman–Crippen LogP) is 4.28. The van der Waals surface area contributed by atoms with Gasteiger partial charge < -0.3 is 10.2 Å². The van der Waals surface area contributed by atoms with Gasteiger partial charge in [-0.15, -0.1) is 11.3 Å². The number of thiazole rings is 1. The summed E-state index contributed by atoms with van der Waals surface area (Å²) in [4.78, 5) is 40.3. The molecule has 0 radical (unpaired) electrons. The summed E-state index contributed by atoms with van der Waals surface area (Å²) in [5, 5.41) is 5.78. The highest BCUT2D eigenvalue weighted by atomic mass is 32.1. The molecule has 1 unspecified atom stereocenters. The van der Waals surface area contributed by atoms with Gasteiger partial charge in [0.25, 0.3) is 11.8 Å². The van der Waals surface area contributed by atoms with Crippen LogP contribution in [0.4, 0.5) is 5.69 Å². The van der Waals surface area contributed by atoms with E-state index >= 15 is 0 Å². The van der Waals surface area contributed by atoms with E-state index in [2.05, 4.69) is 15.3 Å². The number of amidine groups is 1. The van der Waals surface area contributed by atoms with Crippen molar-refractivity contribution in [3.05, 3.63) is 78.5 Å². The minimum Gasteiger partial charge on any atom is -0.324 e. The van der Waals surface area contributed by atoms with Crippen molar-refractivity contribution in [2.24, 2.45) is 4.99 Å². The van der Waals surface area contributed by atoms with Gasteiger partial charge in [0, 0.05) is 29.0 Å². The molecule has 2 amide bonds. The van der Waals surface area contributed by atoms with Crippen LogP contribution in [0.1, 0.15) is 13.3 Å². The number of fused-ring (bicyclic) bond motifs is 1. The molecule has 1 aromatic carbocycles. The van der Waals surface area contributed by atoms with E-state index in [9.17, 15) is 9.59 Å². The zero-order valence-corrected chi connectivity index (χ0v) is 18.0. The molecular formula is C24H19N5O2S. The number of aliphatic imine (C=N–C) groups is 1. The Morgan fingerprint density at radius 3 is 2.91 bits per heavy atom. The summed E-state index contributed by atoms with van der Waals surface area (Å²) in [5.74, 6) is -0.116. The maximum absolute atomic E-state index is 13.3. The molecule has 0 bridgehead atoms. The van der Waals surface area contributed by atoms with Crippen LogP contribution in [0.25, 0.3) is 22.0 Å². The van der Waals surface area contributed by atoms with Crippen molar-refractivity contribution in [2.75, 3.05) is 5.32 Å². The summed E-state index contributed by atoms with van der Waals surface area (Å²) in [6.45, 7) is 1.75. The van der Waals surface area contributed by atoms with E-state index in [1.165, 1.54) is 11.3 Å². The number of benzene rings is 1. The van der Waals surface area contributed by atoms with Crippen LogP contribution < -0.4 is 5.32 Å². The Morgan fingerprint density at radius 2 is 2.06 bits per heavy atom. The Labute approximate surface area is 188 Å². The Hall–Kier alpha value is -3.91. The monoisotopic (exact) mass is 441 g/mol. The molecule has 3 aromatic rings. The molecule has 32 heavy (non-hydrogen) atoms. The minimum absolute atomic E-state index is 0.000272. The third-order valence-corrected chi connectivity index (χ3v) is 6.26. The van der Waals surface area contributed by atoms with Gasteiger partial charge in [-0.1, -0.05) is 24.3 Å². The quantitative estimate of drug-likeness (QED) is 0.653. The van der Waals surface area contributed by atoms with E-state index in [1.807, 2.05) is 53.9 Å². The van der Waals surface area contributed by atoms with Gasteiger partial charge in [0.15, 0.2) is 0 Å². The Bertz CT molecular complexity index is 1290. The molecular weight excluding hydrogens is 422 g/mol. The van der Waals surface area contributed by atoms with Crippen LogP contribution in [-0.4, -0.2) is 38.1 Å². The zero-order valence-electron chi connectivity index (χ0n) is 17.2. The number of anilines is 1. The lowest BCUT2D eigenvalue weighted by Crippen LogP contribution is -2.58. The second-order valence-corrected chi connectivity index (χ2v) is 8.53. The lowest BCUT2D eigenvalue weighted by atomic mass is 9.91. The number of allylic oxidation sites excluding steroid dienone is 2. The van der Waals surface area contributed by atoms with E-state index in [0.717, 1.165) is 22.0 Å². The highest BCUT2D eigenvalue weighted by Crippen LogP contribution is 2.31. The lowest BCUT2D eigenvalue weighted by Gasteiger charge is -2.41.